The van der Waals surface area contributed by atoms with Crippen LogP contribution in [-0.4, -0.2) is 44.3 Å². The highest BCUT2D eigenvalue weighted by molar-refractivity contribution is 4.73. The van der Waals surface area contributed by atoms with Gasteiger partial charge in [-0.1, -0.05) is 19.8 Å². The zero-order chi connectivity index (χ0) is 11.8. The minimum absolute atomic E-state index is 0.211. The molecule has 1 rings (SSSR count). The molecule has 96 valence electrons. The highest BCUT2D eigenvalue weighted by Gasteiger charge is 2.18. The van der Waals surface area contributed by atoms with E-state index in [9.17, 15) is 0 Å². The van der Waals surface area contributed by atoms with Crippen LogP contribution in [0.15, 0.2) is 0 Å². The third-order valence-electron chi connectivity index (χ3n) is 3.70. The van der Waals surface area contributed by atoms with E-state index in [1.165, 1.54) is 45.2 Å². The molecule has 0 saturated carbocycles. The van der Waals surface area contributed by atoms with Crippen molar-refractivity contribution in [3.63, 3.8) is 0 Å². The normalized spacial score (nSPS) is 25.3. The van der Waals surface area contributed by atoms with Gasteiger partial charge in [-0.25, -0.2) is 0 Å². The van der Waals surface area contributed by atoms with E-state index >= 15 is 0 Å². The standard InChI is InChI=1S/C13H28N2O/c1-3-5-12-6-4-8-15(9-7-12)11-13(10-14)16-2/h12-13H,3-11,14H2,1-2H3. The molecule has 0 aromatic rings. The monoisotopic (exact) mass is 228 g/mol. The van der Waals surface area contributed by atoms with Crippen molar-refractivity contribution in [1.29, 1.82) is 0 Å². The first-order valence-electron chi connectivity index (χ1n) is 6.75. The van der Waals surface area contributed by atoms with Crippen LogP contribution in [-0.2, 0) is 4.74 Å². The fourth-order valence-electron chi connectivity index (χ4n) is 2.64. The molecule has 1 fully saturated rings. The van der Waals surface area contributed by atoms with Crippen LogP contribution in [0.3, 0.4) is 0 Å². The van der Waals surface area contributed by atoms with Gasteiger partial charge in [-0.2, -0.15) is 0 Å². The Hall–Kier alpha value is -0.120. The molecular weight excluding hydrogens is 200 g/mol. The minimum Gasteiger partial charge on any atom is -0.379 e. The lowest BCUT2D eigenvalue weighted by Crippen LogP contribution is -2.38. The van der Waals surface area contributed by atoms with Crippen LogP contribution in [0.2, 0.25) is 0 Å². The van der Waals surface area contributed by atoms with Gasteiger partial charge in [0.25, 0.3) is 0 Å². The number of hydrogen-bond donors (Lipinski definition) is 1. The molecule has 2 atom stereocenters. The van der Waals surface area contributed by atoms with Crippen molar-refractivity contribution in [2.24, 2.45) is 11.7 Å². The van der Waals surface area contributed by atoms with E-state index in [2.05, 4.69) is 11.8 Å². The van der Waals surface area contributed by atoms with Gasteiger partial charge in [0.1, 0.15) is 0 Å². The smallest absolute Gasteiger partial charge is 0.0820 e. The molecule has 3 heteroatoms. The maximum atomic E-state index is 5.66. The van der Waals surface area contributed by atoms with E-state index < -0.39 is 0 Å². The second kappa shape index (κ2) is 8.04. The summed E-state index contributed by atoms with van der Waals surface area (Å²) in [6.45, 7) is 6.37. The zero-order valence-electron chi connectivity index (χ0n) is 11.0. The Bertz CT molecular complexity index is 171. The molecule has 0 bridgehead atoms. The third kappa shape index (κ3) is 4.81. The predicted molar refractivity (Wildman–Crippen MR) is 68.5 cm³/mol. The maximum Gasteiger partial charge on any atom is 0.0820 e. The summed E-state index contributed by atoms with van der Waals surface area (Å²) in [6, 6.07) is 0. The molecule has 0 aliphatic carbocycles. The average Bonchev–Trinajstić information content (AvgIpc) is 2.52. The molecule has 16 heavy (non-hydrogen) atoms. The molecule has 0 aromatic heterocycles. The van der Waals surface area contributed by atoms with E-state index in [4.69, 9.17) is 10.5 Å². The van der Waals surface area contributed by atoms with Crippen molar-refractivity contribution in [3.8, 4) is 0 Å². The molecule has 3 nitrogen and oxygen atoms in total. The number of rotatable bonds is 6. The Morgan fingerprint density at radius 2 is 2.19 bits per heavy atom. The third-order valence-corrected chi connectivity index (χ3v) is 3.70. The summed E-state index contributed by atoms with van der Waals surface area (Å²) in [5.74, 6) is 0.953. The first-order valence-corrected chi connectivity index (χ1v) is 6.75. The van der Waals surface area contributed by atoms with Gasteiger partial charge < -0.3 is 15.4 Å². The molecule has 0 amide bonds. The first kappa shape index (κ1) is 13.9. The quantitative estimate of drug-likeness (QED) is 0.754. The second-order valence-electron chi connectivity index (χ2n) is 4.98. The van der Waals surface area contributed by atoms with Crippen molar-refractivity contribution < 1.29 is 4.74 Å². The Morgan fingerprint density at radius 3 is 2.81 bits per heavy atom. The molecule has 1 heterocycles. The van der Waals surface area contributed by atoms with Crippen LogP contribution in [0.4, 0.5) is 0 Å². The number of likely N-dealkylation sites (tertiary alicyclic amines) is 1. The zero-order valence-corrected chi connectivity index (χ0v) is 11.0. The Labute approximate surface area is 100 Å². The number of nitrogens with two attached hydrogens (primary N) is 1. The molecule has 1 saturated heterocycles. The van der Waals surface area contributed by atoms with Crippen LogP contribution >= 0.6 is 0 Å². The molecule has 1 aliphatic rings. The summed E-state index contributed by atoms with van der Waals surface area (Å²) in [5.41, 5.74) is 5.66. The number of ether oxygens (including phenoxy) is 1. The fraction of sp³-hybridized carbons (Fsp3) is 1.00. The van der Waals surface area contributed by atoms with Crippen molar-refractivity contribution >= 4 is 0 Å². The molecule has 2 N–H and O–H groups in total. The number of hydrogen-bond acceptors (Lipinski definition) is 3. The molecule has 1 aliphatic heterocycles. The summed E-state index contributed by atoms with van der Waals surface area (Å²) in [7, 11) is 1.76. The summed E-state index contributed by atoms with van der Waals surface area (Å²) in [6.07, 6.45) is 7.04. The lowest BCUT2D eigenvalue weighted by molar-refractivity contribution is 0.0706. The van der Waals surface area contributed by atoms with Crippen LogP contribution in [0.5, 0.6) is 0 Å². The van der Waals surface area contributed by atoms with Crippen molar-refractivity contribution in [2.45, 2.75) is 45.1 Å². The Kier molecular flexibility index (Phi) is 7.01. The van der Waals surface area contributed by atoms with E-state index in [1.54, 1.807) is 7.11 Å². The maximum absolute atomic E-state index is 5.66. The number of methoxy groups -OCH3 is 1. The fourth-order valence-corrected chi connectivity index (χ4v) is 2.64. The second-order valence-corrected chi connectivity index (χ2v) is 4.98. The highest BCUT2D eigenvalue weighted by Crippen LogP contribution is 2.21. The van der Waals surface area contributed by atoms with Gasteiger partial charge in [0.15, 0.2) is 0 Å². The summed E-state index contributed by atoms with van der Waals surface area (Å²) in [5, 5.41) is 0. The van der Waals surface area contributed by atoms with Gasteiger partial charge in [-0.05, 0) is 38.3 Å². The molecule has 0 spiro atoms. The summed E-state index contributed by atoms with van der Waals surface area (Å²) < 4.78 is 5.35. The van der Waals surface area contributed by atoms with E-state index in [-0.39, 0.29) is 6.10 Å². The predicted octanol–water partition coefficient (Wildman–Crippen LogP) is 1.86. The van der Waals surface area contributed by atoms with Gasteiger partial charge in [0.05, 0.1) is 6.10 Å². The van der Waals surface area contributed by atoms with Crippen LogP contribution < -0.4 is 5.73 Å². The minimum atomic E-state index is 0.211. The lowest BCUT2D eigenvalue weighted by Gasteiger charge is -2.24. The average molecular weight is 228 g/mol. The lowest BCUT2D eigenvalue weighted by atomic mass is 9.96. The van der Waals surface area contributed by atoms with Crippen LogP contribution in [0, 0.1) is 5.92 Å². The number of nitrogens with zero attached hydrogens (tertiary/aromatic N) is 1. The largest absolute Gasteiger partial charge is 0.379 e. The summed E-state index contributed by atoms with van der Waals surface area (Å²) in [4.78, 5) is 2.52. The van der Waals surface area contributed by atoms with E-state index in [1.807, 2.05) is 0 Å². The van der Waals surface area contributed by atoms with E-state index in [0.717, 1.165) is 12.5 Å². The van der Waals surface area contributed by atoms with Gasteiger partial charge in [-0.15, -0.1) is 0 Å². The Balaban J connectivity index is 2.29. The van der Waals surface area contributed by atoms with Crippen molar-refractivity contribution in [2.75, 3.05) is 33.3 Å². The molecule has 0 radical (unpaired) electrons. The van der Waals surface area contributed by atoms with Crippen molar-refractivity contribution in [3.05, 3.63) is 0 Å². The van der Waals surface area contributed by atoms with Gasteiger partial charge in [0, 0.05) is 20.2 Å². The summed E-state index contributed by atoms with van der Waals surface area (Å²) >= 11 is 0. The van der Waals surface area contributed by atoms with Crippen molar-refractivity contribution in [1.82, 2.24) is 4.90 Å². The molecule has 0 aromatic carbocycles. The van der Waals surface area contributed by atoms with Gasteiger partial charge in [0.2, 0.25) is 0 Å². The topological polar surface area (TPSA) is 38.5 Å². The SMILES string of the molecule is CCCC1CCCN(CC(CN)OC)CC1. The van der Waals surface area contributed by atoms with E-state index in [0.29, 0.717) is 6.54 Å². The van der Waals surface area contributed by atoms with Gasteiger partial charge in [-0.3, -0.25) is 0 Å². The highest BCUT2D eigenvalue weighted by atomic mass is 16.5. The van der Waals surface area contributed by atoms with Gasteiger partial charge >= 0.3 is 0 Å². The molecular formula is C13H28N2O. The molecule has 2 unspecified atom stereocenters. The van der Waals surface area contributed by atoms with Crippen LogP contribution in [0.1, 0.15) is 39.0 Å². The Morgan fingerprint density at radius 1 is 1.38 bits per heavy atom. The first-order chi connectivity index (χ1) is 7.80. The van der Waals surface area contributed by atoms with Crippen LogP contribution in [0.25, 0.3) is 0 Å².